The molecule has 3 unspecified atom stereocenters. The van der Waals surface area contributed by atoms with Crippen LogP contribution in [-0.2, 0) is 34.7 Å². The number of hydrogen-bond acceptors (Lipinski definition) is 3. The monoisotopic (exact) mass is 403 g/mol. The fourth-order valence-corrected chi connectivity index (χ4v) is 2.95. The molecule has 0 rings (SSSR count). The van der Waals surface area contributed by atoms with E-state index in [1.165, 1.54) is 32.1 Å². The van der Waals surface area contributed by atoms with Crippen LogP contribution in [0.15, 0.2) is 0 Å². The van der Waals surface area contributed by atoms with E-state index in [4.69, 9.17) is 9.05 Å². The van der Waals surface area contributed by atoms with Gasteiger partial charge in [0.1, 0.15) is 12.7 Å². The van der Waals surface area contributed by atoms with Crippen LogP contribution in [0.1, 0.15) is 85.5 Å². The fourth-order valence-electron chi connectivity index (χ4n) is 2.15. The summed E-state index contributed by atoms with van der Waals surface area (Å²) >= 11 is 0. The normalized spacial score (nSPS) is 14.4. The van der Waals surface area contributed by atoms with Crippen LogP contribution in [0, 0.1) is 5.92 Å². The van der Waals surface area contributed by atoms with Crippen molar-refractivity contribution in [3.8, 4) is 0 Å². The molecule has 0 amide bonds. The zero-order valence-electron chi connectivity index (χ0n) is 14.3. The molecule has 0 aromatic carbocycles. The van der Waals surface area contributed by atoms with Gasteiger partial charge in [-0.15, -0.1) is 9.05 Å². The first-order valence-electron chi connectivity index (χ1n) is 8.40. The topological polar surface area (TPSA) is 35.5 Å². The van der Waals surface area contributed by atoms with Gasteiger partial charge in [0.15, 0.2) is 0 Å². The van der Waals surface area contributed by atoms with Gasteiger partial charge in [-0.25, -0.2) is 0 Å². The maximum atomic E-state index is 11.7. The van der Waals surface area contributed by atoms with Crippen molar-refractivity contribution in [2.75, 3.05) is 6.61 Å². The van der Waals surface area contributed by atoms with Crippen LogP contribution >= 0.6 is 8.25 Å². The van der Waals surface area contributed by atoms with Crippen molar-refractivity contribution < 1.29 is 34.7 Å². The Labute approximate surface area is 147 Å². The van der Waals surface area contributed by atoms with E-state index < -0.39 is 8.25 Å². The minimum atomic E-state index is -1.95. The molecule has 5 heteroatoms. The van der Waals surface area contributed by atoms with Crippen molar-refractivity contribution in [1.82, 2.24) is 0 Å². The average molecular weight is 401 g/mol. The molecule has 0 saturated heterocycles. The molecule has 0 aromatic heterocycles. The maximum Gasteiger partial charge on any atom is 0.697 e. The Morgan fingerprint density at radius 2 is 1.62 bits per heavy atom. The Morgan fingerprint density at radius 3 is 2.19 bits per heavy atom. The molecule has 0 aromatic rings. The van der Waals surface area contributed by atoms with Gasteiger partial charge < -0.3 is 0 Å². The van der Waals surface area contributed by atoms with Gasteiger partial charge in [-0.05, 0) is 25.7 Å². The Hall–Kier alpha value is 0.708. The molecule has 0 aliphatic carbocycles. The molecule has 0 N–H and O–H groups in total. The third-order valence-electron chi connectivity index (χ3n) is 3.69. The Bertz CT molecular complexity index is 240. The fraction of sp³-hybridized carbons (Fsp3) is 1.00. The largest absolute Gasteiger partial charge is 0.697 e. The molecule has 3 atom stereocenters. The smallest absolute Gasteiger partial charge is 0.119 e. The van der Waals surface area contributed by atoms with Crippen molar-refractivity contribution in [3.05, 3.63) is 0 Å². The van der Waals surface area contributed by atoms with Gasteiger partial charge in [0.25, 0.3) is 0 Å². The van der Waals surface area contributed by atoms with Gasteiger partial charge in [-0.3, -0.25) is 0 Å². The van der Waals surface area contributed by atoms with E-state index in [0.29, 0.717) is 12.5 Å². The van der Waals surface area contributed by atoms with Gasteiger partial charge >= 0.3 is 8.25 Å². The van der Waals surface area contributed by atoms with Crippen molar-refractivity contribution >= 4 is 8.25 Å². The Morgan fingerprint density at radius 1 is 0.952 bits per heavy atom. The van der Waals surface area contributed by atoms with Gasteiger partial charge in [0.05, 0.1) is 0 Å². The Kier molecular flexibility index (Phi) is 19.5. The van der Waals surface area contributed by atoms with E-state index in [1.807, 2.05) is 6.92 Å². The molecule has 21 heavy (non-hydrogen) atoms. The van der Waals surface area contributed by atoms with E-state index in [1.54, 1.807) is 0 Å². The van der Waals surface area contributed by atoms with Crippen molar-refractivity contribution in [2.45, 2.75) is 91.6 Å². The standard InChI is InChI=1S/C16H34O3P.Mo/c1-5-8-10-11-12-15(4)19-20(17)18-14-16(7-3)13-9-6-2;/h15-16H,5-14H2,1-4H3;/q+1;. The summed E-state index contributed by atoms with van der Waals surface area (Å²) in [6.45, 7) is 9.10. The predicted molar refractivity (Wildman–Crippen MR) is 86.2 cm³/mol. The summed E-state index contributed by atoms with van der Waals surface area (Å²) in [6, 6.07) is 0. The molecule has 0 radical (unpaired) electrons. The average Bonchev–Trinajstić information content (AvgIpc) is 2.44. The third-order valence-corrected chi connectivity index (χ3v) is 4.58. The maximum absolute atomic E-state index is 11.7. The molecule has 0 aliphatic heterocycles. The summed E-state index contributed by atoms with van der Waals surface area (Å²) in [7, 11) is -1.95. The molecule has 0 saturated carbocycles. The summed E-state index contributed by atoms with van der Waals surface area (Å²) in [5.74, 6) is 0.511. The molecule has 126 valence electrons. The van der Waals surface area contributed by atoms with Crippen LogP contribution in [0.3, 0.4) is 0 Å². The summed E-state index contributed by atoms with van der Waals surface area (Å²) in [4.78, 5) is 0. The minimum Gasteiger partial charge on any atom is -0.119 e. The molecule has 0 bridgehead atoms. The first kappa shape index (κ1) is 24.0. The predicted octanol–water partition coefficient (Wildman–Crippen LogP) is 6.25. The van der Waals surface area contributed by atoms with E-state index in [2.05, 4.69) is 20.8 Å². The van der Waals surface area contributed by atoms with Crippen molar-refractivity contribution in [3.63, 3.8) is 0 Å². The van der Waals surface area contributed by atoms with Gasteiger partial charge in [-0.1, -0.05) is 65.7 Å². The minimum absolute atomic E-state index is 0. The first-order valence-corrected chi connectivity index (χ1v) is 9.50. The third kappa shape index (κ3) is 15.4. The SMILES string of the molecule is CCCCCCC(C)O[P+](=O)OCC(CC)CCCC.[Mo]. The number of unbranched alkanes of at least 4 members (excludes halogenated alkanes) is 4. The molecular weight excluding hydrogens is 367 g/mol. The van der Waals surface area contributed by atoms with E-state index in [0.717, 1.165) is 25.7 Å². The van der Waals surface area contributed by atoms with Crippen LogP contribution in [-0.4, -0.2) is 12.7 Å². The van der Waals surface area contributed by atoms with Gasteiger partial charge in [-0.2, -0.15) is 0 Å². The van der Waals surface area contributed by atoms with E-state index >= 15 is 0 Å². The van der Waals surface area contributed by atoms with Crippen molar-refractivity contribution in [1.29, 1.82) is 0 Å². The number of rotatable bonds is 14. The quantitative estimate of drug-likeness (QED) is 0.196. The summed E-state index contributed by atoms with van der Waals surface area (Å²) in [5.41, 5.74) is 0. The second kappa shape index (κ2) is 17.1. The van der Waals surface area contributed by atoms with Crippen LogP contribution in [0.25, 0.3) is 0 Å². The van der Waals surface area contributed by atoms with E-state index in [-0.39, 0.29) is 27.2 Å². The van der Waals surface area contributed by atoms with Crippen molar-refractivity contribution in [2.24, 2.45) is 5.92 Å². The molecule has 3 nitrogen and oxygen atoms in total. The number of hydrogen-bond donors (Lipinski definition) is 0. The van der Waals surface area contributed by atoms with Gasteiger partial charge in [0.2, 0.25) is 0 Å². The summed E-state index contributed by atoms with van der Waals surface area (Å²) < 4.78 is 22.5. The molecule has 0 heterocycles. The van der Waals surface area contributed by atoms with E-state index in [9.17, 15) is 4.57 Å². The zero-order valence-corrected chi connectivity index (χ0v) is 17.2. The molecule has 0 fully saturated rings. The first-order chi connectivity index (χ1) is 9.63. The Balaban J connectivity index is 0. The van der Waals surface area contributed by atoms with Crippen LogP contribution in [0.4, 0.5) is 0 Å². The van der Waals surface area contributed by atoms with Crippen LogP contribution < -0.4 is 0 Å². The molecule has 0 aliphatic rings. The summed E-state index contributed by atoms with van der Waals surface area (Å²) in [5, 5.41) is 0. The van der Waals surface area contributed by atoms with Crippen LogP contribution in [0.5, 0.6) is 0 Å². The second-order valence-electron chi connectivity index (χ2n) is 5.70. The zero-order chi connectivity index (χ0) is 15.2. The second-order valence-corrected chi connectivity index (χ2v) is 6.62. The summed E-state index contributed by atoms with van der Waals surface area (Å²) in [6.07, 6.45) is 10.5. The van der Waals surface area contributed by atoms with Crippen LogP contribution in [0.2, 0.25) is 0 Å². The molecule has 0 spiro atoms. The van der Waals surface area contributed by atoms with Gasteiger partial charge in [0, 0.05) is 25.6 Å². The molecular formula is C16H34MoO3P+.